The summed E-state index contributed by atoms with van der Waals surface area (Å²) >= 11 is 6.34. The lowest BCUT2D eigenvalue weighted by Gasteiger charge is -2.36. The lowest BCUT2D eigenvalue weighted by molar-refractivity contribution is -0.384. The van der Waals surface area contributed by atoms with Crippen molar-refractivity contribution in [1.82, 2.24) is 4.90 Å². The summed E-state index contributed by atoms with van der Waals surface area (Å²) in [6.07, 6.45) is 2.79. The highest BCUT2D eigenvalue weighted by molar-refractivity contribution is 6.34. The second-order valence-corrected chi connectivity index (χ2v) is 8.45. The summed E-state index contributed by atoms with van der Waals surface area (Å²) in [4.78, 5) is 26.2. The predicted octanol–water partition coefficient (Wildman–Crippen LogP) is 6.37. The first-order chi connectivity index (χ1) is 16.0. The summed E-state index contributed by atoms with van der Waals surface area (Å²) < 4.78 is 5.54. The highest BCUT2D eigenvalue weighted by Gasteiger charge is 2.31. The van der Waals surface area contributed by atoms with Crippen molar-refractivity contribution in [2.75, 3.05) is 6.61 Å². The second-order valence-electron chi connectivity index (χ2n) is 8.04. The van der Waals surface area contributed by atoms with Gasteiger partial charge in [-0.15, -0.1) is 0 Å². The average Bonchev–Trinajstić information content (AvgIpc) is 2.83. The molecule has 0 aromatic heterocycles. The second kappa shape index (κ2) is 10.0. The van der Waals surface area contributed by atoms with Crippen molar-refractivity contribution in [2.24, 2.45) is 0 Å². The minimum Gasteiger partial charge on any atom is -0.494 e. The summed E-state index contributed by atoms with van der Waals surface area (Å²) in [5.41, 5.74) is 3.47. The molecule has 3 aromatic carbocycles. The Balaban J connectivity index is 1.71. The first-order valence-electron chi connectivity index (χ1n) is 11.0. The molecule has 7 heteroatoms. The van der Waals surface area contributed by atoms with Crippen LogP contribution in [0, 0.1) is 10.1 Å². The predicted molar refractivity (Wildman–Crippen MR) is 128 cm³/mol. The number of carbonyl (C=O) groups is 1. The van der Waals surface area contributed by atoms with Crippen LogP contribution < -0.4 is 4.74 Å². The van der Waals surface area contributed by atoms with E-state index in [0.29, 0.717) is 13.2 Å². The highest BCUT2D eigenvalue weighted by atomic mass is 35.5. The molecule has 1 amide bonds. The van der Waals surface area contributed by atoms with Crippen LogP contribution in [0.5, 0.6) is 5.75 Å². The molecule has 3 aromatic rings. The Morgan fingerprint density at radius 3 is 2.61 bits per heavy atom. The van der Waals surface area contributed by atoms with Gasteiger partial charge in [0.05, 0.1) is 28.2 Å². The van der Waals surface area contributed by atoms with Crippen molar-refractivity contribution in [1.29, 1.82) is 0 Å². The van der Waals surface area contributed by atoms with Crippen molar-refractivity contribution in [3.05, 3.63) is 104 Å². The summed E-state index contributed by atoms with van der Waals surface area (Å²) in [7, 11) is 0. The first kappa shape index (κ1) is 22.8. The van der Waals surface area contributed by atoms with Crippen molar-refractivity contribution in [3.8, 4) is 5.75 Å². The number of aryl methyl sites for hydroxylation is 1. The number of nitrogens with zero attached hydrogens (tertiary/aromatic N) is 2. The van der Waals surface area contributed by atoms with Gasteiger partial charge in [0.1, 0.15) is 5.75 Å². The van der Waals surface area contributed by atoms with Gasteiger partial charge in [0.15, 0.2) is 0 Å². The van der Waals surface area contributed by atoms with Gasteiger partial charge in [-0.2, -0.15) is 0 Å². The monoisotopic (exact) mass is 464 g/mol. The third kappa shape index (κ3) is 5.01. The molecule has 0 aliphatic heterocycles. The van der Waals surface area contributed by atoms with E-state index in [2.05, 4.69) is 12.1 Å². The minimum atomic E-state index is -0.519. The smallest absolute Gasteiger partial charge is 0.270 e. The fourth-order valence-electron chi connectivity index (χ4n) is 4.38. The average molecular weight is 465 g/mol. The molecule has 0 heterocycles. The van der Waals surface area contributed by atoms with Crippen LogP contribution in [0.25, 0.3) is 0 Å². The van der Waals surface area contributed by atoms with Crippen LogP contribution in [-0.4, -0.2) is 22.3 Å². The zero-order chi connectivity index (χ0) is 23.4. The molecule has 170 valence electrons. The van der Waals surface area contributed by atoms with Gasteiger partial charge in [-0.05, 0) is 61.1 Å². The van der Waals surface area contributed by atoms with E-state index < -0.39 is 4.92 Å². The molecule has 0 saturated heterocycles. The summed E-state index contributed by atoms with van der Waals surface area (Å²) in [5.74, 6) is 0.533. The summed E-state index contributed by atoms with van der Waals surface area (Å²) in [6, 6.07) is 19.8. The van der Waals surface area contributed by atoms with Crippen LogP contribution in [-0.2, 0) is 13.0 Å². The van der Waals surface area contributed by atoms with E-state index in [1.54, 1.807) is 0 Å². The first-order valence-corrected chi connectivity index (χ1v) is 11.4. The van der Waals surface area contributed by atoms with Gasteiger partial charge in [0.2, 0.25) is 0 Å². The van der Waals surface area contributed by atoms with Crippen LogP contribution in [0.1, 0.15) is 52.9 Å². The van der Waals surface area contributed by atoms with Crippen LogP contribution in [0.4, 0.5) is 5.69 Å². The number of benzene rings is 3. The number of rotatable bonds is 7. The Kier molecular flexibility index (Phi) is 6.94. The fraction of sp³-hybridized carbons (Fsp3) is 0.269. The van der Waals surface area contributed by atoms with E-state index in [1.807, 2.05) is 48.2 Å². The Bertz CT molecular complexity index is 1160. The molecule has 0 spiro atoms. The molecule has 1 unspecified atom stereocenters. The fourth-order valence-corrected chi connectivity index (χ4v) is 4.63. The number of hydrogen-bond donors (Lipinski definition) is 0. The maximum Gasteiger partial charge on any atom is 0.270 e. The largest absolute Gasteiger partial charge is 0.494 e. The molecule has 0 fully saturated rings. The Morgan fingerprint density at radius 1 is 1.15 bits per heavy atom. The van der Waals surface area contributed by atoms with Crippen LogP contribution in [0.3, 0.4) is 0 Å². The molecule has 4 rings (SSSR count). The van der Waals surface area contributed by atoms with E-state index in [1.165, 1.54) is 23.8 Å². The Hall–Kier alpha value is -3.38. The van der Waals surface area contributed by atoms with Crippen LogP contribution in [0.15, 0.2) is 66.7 Å². The quantitative estimate of drug-likeness (QED) is 0.301. The van der Waals surface area contributed by atoms with Gasteiger partial charge in [-0.1, -0.05) is 48.0 Å². The number of carbonyl (C=O) groups excluding carboxylic acids is 1. The standard InChI is InChI=1S/C26H25ClN2O4/c1-2-33-21-13-10-18(11-14-21)17-28(25-9-5-7-19-6-3-4-8-22(19)25)26(30)23-15-12-20(29(31)32)16-24(23)27/h3-4,6,8,10-16,25H,2,5,7,9,17H2,1H3. The van der Waals surface area contributed by atoms with Gasteiger partial charge in [0.25, 0.3) is 11.6 Å². The van der Waals surface area contributed by atoms with E-state index in [4.69, 9.17) is 16.3 Å². The van der Waals surface area contributed by atoms with E-state index in [0.717, 1.165) is 36.1 Å². The van der Waals surface area contributed by atoms with Crippen LogP contribution in [0.2, 0.25) is 5.02 Å². The van der Waals surface area contributed by atoms with E-state index in [9.17, 15) is 14.9 Å². The zero-order valence-corrected chi connectivity index (χ0v) is 19.1. The number of amides is 1. The van der Waals surface area contributed by atoms with E-state index >= 15 is 0 Å². The molecule has 1 aliphatic carbocycles. The summed E-state index contributed by atoms with van der Waals surface area (Å²) in [5, 5.41) is 11.2. The van der Waals surface area contributed by atoms with Crippen LogP contribution >= 0.6 is 11.6 Å². The van der Waals surface area contributed by atoms with Gasteiger partial charge in [0, 0.05) is 18.7 Å². The number of nitro groups is 1. The summed E-state index contributed by atoms with van der Waals surface area (Å²) in [6.45, 7) is 2.90. The van der Waals surface area contributed by atoms with Gasteiger partial charge < -0.3 is 9.64 Å². The lowest BCUT2D eigenvalue weighted by Crippen LogP contribution is -2.36. The molecule has 33 heavy (non-hydrogen) atoms. The molecule has 0 radical (unpaired) electrons. The minimum absolute atomic E-state index is 0.0787. The molecule has 1 atom stereocenters. The van der Waals surface area contributed by atoms with Crippen molar-refractivity contribution in [3.63, 3.8) is 0 Å². The number of halogens is 1. The SMILES string of the molecule is CCOc1ccc(CN(C(=O)c2ccc([N+](=O)[O-])cc2Cl)C2CCCc3ccccc32)cc1. The number of nitro benzene ring substituents is 1. The number of non-ortho nitro benzene ring substituents is 1. The van der Waals surface area contributed by atoms with Crippen molar-refractivity contribution >= 4 is 23.2 Å². The van der Waals surface area contributed by atoms with Gasteiger partial charge in [-0.25, -0.2) is 0 Å². The molecule has 0 saturated carbocycles. The maximum atomic E-state index is 13.8. The molecule has 6 nitrogen and oxygen atoms in total. The number of hydrogen-bond acceptors (Lipinski definition) is 4. The normalized spacial score (nSPS) is 14.9. The van der Waals surface area contributed by atoms with Crippen molar-refractivity contribution in [2.45, 2.75) is 38.8 Å². The highest BCUT2D eigenvalue weighted by Crippen LogP contribution is 2.37. The Morgan fingerprint density at radius 2 is 1.91 bits per heavy atom. The Labute approximate surface area is 197 Å². The van der Waals surface area contributed by atoms with Crippen molar-refractivity contribution < 1.29 is 14.5 Å². The van der Waals surface area contributed by atoms with Gasteiger partial charge in [-0.3, -0.25) is 14.9 Å². The molecule has 0 N–H and O–H groups in total. The number of ether oxygens (including phenoxy) is 1. The van der Waals surface area contributed by atoms with E-state index in [-0.39, 0.29) is 28.2 Å². The topological polar surface area (TPSA) is 72.7 Å². The maximum absolute atomic E-state index is 13.8. The third-order valence-electron chi connectivity index (χ3n) is 5.96. The molecular formula is C26H25ClN2O4. The molecule has 1 aliphatic rings. The van der Waals surface area contributed by atoms with Gasteiger partial charge >= 0.3 is 0 Å². The zero-order valence-electron chi connectivity index (χ0n) is 18.4. The lowest BCUT2D eigenvalue weighted by atomic mass is 9.86. The third-order valence-corrected chi connectivity index (χ3v) is 6.27. The number of fused-ring (bicyclic) bond motifs is 1. The molecular weight excluding hydrogens is 440 g/mol. The molecule has 0 bridgehead atoms.